The topological polar surface area (TPSA) is 86.6 Å². The molecule has 0 saturated carbocycles. The fourth-order valence-corrected chi connectivity index (χ4v) is 1.54. The lowest BCUT2D eigenvalue weighted by Gasteiger charge is -2.07. The van der Waals surface area contributed by atoms with E-state index in [0.717, 1.165) is 11.1 Å². The Balaban J connectivity index is 2.32. The van der Waals surface area contributed by atoms with E-state index in [0.29, 0.717) is 0 Å². The lowest BCUT2D eigenvalue weighted by atomic mass is 10.1. The number of benzene rings is 1. The van der Waals surface area contributed by atoms with Crippen LogP contribution in [0.5, 0.6) is 0 Å². The van der Waals surface area contributed by atoms with Crippen molar-refractivity contribution in [1.29, 1.82) is 0 Å². The smallest absolute Gasteiger partial charge is 0.332 e. The van der Waals surface area contributed by atoms with Crippen LogP contribution in [0.2, 0.25) is 0 Å². The zero-order chi connectivity index (χ0) is 13.5. The molecule has 98 valence electrons. The van der Waals surface area contributed by atoms with E-state index in [1.165, 1.54) is 0 Å². The number of carbonyl (C=O) groups is 2. The van der Waals surface area contributed by atoms with Crippen molar-refractivity contribution in [3.05, 3.63) is 35.4 Å². The highest BCUT2D eigenvalue weighted by Crippen LogP contribution is 2.04. The Morgan fingerprint density at radius 3 is 2.72 bits per heavy atom. The molecular weight excluding hydrogens is 234 g/mol. The van der Waals surface area contributed by atoms with Crippen LogP contribution in [0.25, 0.3) is 0 Å². The van der Waals surface area contributed by atoms with E-state index in [9.17, 15) is 9.59 Å². The molecule has 0 aliphatic rings. The Morgan fingerprint density at radius 1 is 1.39 bits per heavy atom. The van der Waals surface area contributed by atoms with E-state index in [4.69, 9.17) is 10.2 Å². The molecule has 1 aromatic rings. The van der Waals surface area contributed by atoms with Gasteiger partial charge in [-0.25, -0.2) is 4.79 Å². The molecule has 5 heteroatoms. The Kier molecular flexibility index (Phi) is 5.32. The minimum Gasteiger partial charge on any atom is -0.479 e. The summed E-state index contributed by atoms with van der Waals surface area (Å²) in [7, 11) is 0. The van der Waals surface area contributed by atoms with Crippen LogP contribution < -0.4 is 5.32 Å². The first-order chi connectivity index (χ1) is 8.49. The Morgan fingerprint density at radius 2 is 2.11 bits per heavy atom. The molecule has 0 unspecified atom stereocenters. The van der Waals surface area contributed by atoms with Gasteiger partial charge in [0.05, 0.1) is 6.42 Å². The number of hydrogen-bond donors (Lipinski definition) is 3. The molecule has 0 aliphatic heterocycles. The zero-order valence-corrected chi connectivity index (χ0v) is 10.2. The number of aryl methyl sites for hydroxylation is 1. The minimum atomic E-state index is -1.43. The van der Waals surface area contributed by atoms with Crippen LogP contribution in [0.15, 0.2) is 24.3 Å². The summed E-state index contributed by atoms with van der Waals surface area (Å²) in [6.07, 6.45) is -1.16. The van der Waals surface area contributed by atoms with Gasteiger partial charge < -0.3 is 15.5 Å². The van der Waals surface area contributed by atoms with Crippen LogP contribution in [0, 0.1) is 6.92 Å². The Labute approximate surface area is 105 Å². The van der Waals surface area contributed by atoms with Gasteiger partial charge in [0.15, 0.2) is 6.10 Å². The fourth-order valence-electron chi connectivity index (χ4n) is 1.54. The number of aliphatic carboxylic acids is 1. The second kappa shape index (κ2) is 6.76. The van der Waals surface area contributed by atoms with Gasteiger partial charge >= 0.3 is 5.97 Å². The maximum absolute atomic E-state index is 11.5. The third-order valence-corrected chi connectivity index (χ3v) is 2.47. The normalized spacial score (nSPS) is 11.9. The summed E-state index contributed by atoms with van der Waals surface area (Å²) in [5, 5.41) is 20.0. The van der Waals surface area contributed by atoms with Gasteiger partial charge in [-0.15, -0.1) is 0 Å². The maximum atomic E-state index is 11.5. The molecule has 1 amide bonds. The van der Waals surface area contributed by atoms with E-state index in [1.54, 1.807) is 0 Å². The molecule has 0 aromatic heterocycles. The number of carboxylic acid groups (broad SMARTS) is 1. The Hall–Kier alpha value is -1.88. The van der Waals surface area contributed by atoms with E-state index in [-0.39, 0.29) is 25.3 Å². The average Bonchev–Trinajstić information content (AvgIpc) is 2.28. The first kappa shape index (κ1) is 14.2. The molecule has 0 heterocycles. The predicted octanol–water partition coefficient (Wildman–Crippen LogP) is 0.489. The number of aliphatic hydroxyl groups is 1. The SMILES string of the molecule is Cc1cccc(CC(=O)NCC[C@H](O)C(=O)O)c1. The van der Waals surface area contributed by atoms with Crippen LogP contribution in [-0.2, 0) is 16.0 Å². The summed E-state index contributed by atoms with van der Waals surface area (Å²) in [4.78, 5) is 21.9. The molecule has 1 atom stereocenters. The highest BCUT2D eigenvalue weighted by molar-refractivity contribution is 5.78. The molecule has 5 nitrogen and oxygen atoms in total. The van der Waals surface area contributed by atoms with E-state index in [1.807, 2.05) is 31.2 Å². The van der Waals surface area contributed by atoms with Crippen molar-refractivity contribution in [2.24, 2.45) is 0 Å². The number of nitrogens with one attached hydrogen (secondary N) is 1. The summed E-state index contributed by atoms with van der Waals surface area (Å²) in [6.45, 7) is 2.10. The van der Waals surface area contributed by atoms with Crippen molar-refractivity contribution in [3.63, 3.8) is 0 Å². The van der Waals surface area contributed by atoms with Crippen molar-refractivity contribution in [3.8, 4) is 0 Å². The number of aliphatic hydroxyl groups excluding tert-OH is 1. The number of carbonyl (C=O) groups excluding carboxylic acids is 1. The standard InChI is InChI=1S/C13H17NO4/c1-9-3-2-4-10(7-9)8-12(16)14-6-5-11(15)13(17)18/h2-4,7,11,15H,5-6,8H2,1H3,(H,14,16)(H,17,18)/t11-/m0/s1. The highest BCUT2D eigenvalue weighted by Gasteiger charge is 2.12. The van der Waals surface area contributed by atoms with E-state index < -0.39 is 12.1 Å². The van der Waals surface area contributed by atoms with E-state index in [2.05, 4.69) is 5.32 Å². The van der Waals surface area contributed by atoms with Crippen LogP contribution in [-0.4, -0.2) is 34.7 Å². The monoisotopic (exact) mass is 251 g/mol. The van der Waals surface area contributed by atoms with Gasteiger partial charge in [0.25, 0.3) is 0 Å². The number of amides is 1. The van der Waals surface area contributed by atoms with Crippen molar-refractivity contribution in [2.45, 2.75) is 25.9 Å². The van der Waals surface area contributed by atoms with Gasteiger partial charge in [0.2, 0.25) is 5.91 Å². The molecule has 0 radical (unpaired) electrons. The van der Waals surface area contributed by atoms with Crippen molar-refractivity contribution in [2.75, 3.05) is 6.54 Å². The second-order valence-electron chi connectivity index (χ2n) is 4.16. The molecule has 3 N–H and O–H groups in total. The lowest BCUT2D eigenvalue weighted by Crippen LogP contribution is -2.30. The van der Waals surface area contributed by atoms with Gasteiger partial charge in [-0.1, -0.05) is 29.8 Å². The molecule has 0 aliphatic carbocycles. The average molecular weight is 251 g/mol. The van der Waals surface area contributed by atoms with Gasteiger partial charge in [-0.3, -0.25) is 4.79 Å². The second-order valence-corrected chi connectivity index (χ2v) is 4.16. The molecule has 0 spiro atoms. The fraction of sp³-hybridized carbons (Fsp3) is 0.385. The molecular formula is C13H17NO4. The van der Waals surface area contributed by atoms with Gasteiger partial charge in [-0.2, -0.15) is 0 Å². The number of carboxylic acids is 1. The summed E-state index contributed by atoms with van der Waals surface area (Å²) in [5.74, 6) is -1.46. The Bertz CT molecular complexity index is 431. The first-order valence-corrected chi connectivity index (χ1v) is 5.72. The zero-order valence-electron chi connectivity index (χ0n) is 10.2. The summed E-state index contributed by atoms with van der Waals surface area (Å²) >= 11 is 0. The molecule has 0 fully saturated rings. The summed E-state index contributed by atoms with van der Waals surface area (Å²) in [5.41, 5.74) is 1.99. The van der Waals surface area contributed by atoms with Crippen molar-refractivity contribution < 1.29 is 19.8 Å². The van der Waals surface area contributed by atoms with Gasteiger partial charge in [0.1, 0.15) is 0 Å². The predicted molar refractivity (Wildman–Crippen MR) is 66.2 cm³/mol. The third-order valence-electron chi connectivity index (χ3n) is 2.47. The van der Waals surface area contributed by atoms with Crippen LogP contribution in [0.3, 0.4) is 0 Å². The summed E-state index contributed by atoms with van der Waals surface area (Å²) in [6, 6.07) is 7.61. The molecule has 18 heavy (non-hydrogen) atoms. The highest BCUT2D eigenvalue weighted by atomic mass is 16.4. The van der Waals surface area contributed by atoms with Crippen molar-refractivity contribution >= 4 is 11.9 Å². The molecule has 1 aromatic carbocycles. The minimum absolute atomic E-state index is 0.00882. The number of rotatable bonds is 6. The quantitative estimate of drug-likeness (QED) is 0.686. The van der Waals surface area contributed by atoms with Crippen LogP contribution >= 0.6 is 0 Å². The van der Waals surface area contributed by atoms with Gasteiger partial charge in [0, 0.05) is 13.0 Å². The largest absolute Gasteiger partial charge is 0.479 e. The van der Waals surface area contributed by atoms with Gasteiger partial charge in [-0.05, 0) is 12.5 Å². The molecule has 0 saturated heterocycles. The van der Waals surface area contributed by atoms with E-state index >= 15 is 0 Å². The first-order valence-electron chi connectivity index (χ1n) is 5.72. The van der Waals surface area contributed by atoms with Crippen LogP contribution in [0.4, 0.5) is 0 Å². The van der Waals surface area contributed by atoms with Crippen molar-refractivity contribution in [1.82, 2.24) is 5.32 Å². The molecule has 0 bridgehead atoms. The van der Waals surface area contributed by atoms with Crippen LogP contribution in [0.1, 0.15) is 17.5 Å². The number of hydrogen-bond acceptors (Lipinski definition) is 3. The lowest BCUT2D eigenvalue weighted by molar-refractivity contribution is -0.147. The maximum Gasteiger partial charge on any atom is 0.332 e. The summed E-state index contributed by atoms with van der Waals surface area (Å²) < 4.78 is 0. The molecule has 1 rings (SSSR count). The third kappa shape index (κ3) is 4.97.